The van der Waals surface area contributed by atoms with Crippen LogP contribution in [0, 0.1) is 0 Å². The molecule has 0 spiro atoms. The fraction of sp³-hybridized carbons (Fsp3) is 0.227. The maximum atomic E-state index is 12.5. The van der Waals surface area contributed by atoms with E-state index in [1.165, 1.54) is 19.2 Å². The second-order valence-corrected chi connectivity index (χ2v) is 6.78. The first-order valence-electron chi connectivity index (χ1n) is 9.50. The molecule has 1 amide bonds. The average Bonchev–Trinajstić information content (AvgIpc) is 3.23. The molecular formula is C22H22N4O2. The number of anilines is 2. The number of amides is 1. The molecule has 3 aromatic rings. The minimum absolute atomic E-state index is 0.161. The van der Waals surface area contributed by atoms with Crippen molar-refractivity contribution in [1.82, 2.24) is 15.3 Å². The number of carbonyl (C=O) groups is 1. The van der Waals surface area contributed by atoms with Crippen LogP contribution in [0.2, 0.25) is 0 Å². The van der Waals surface area contributed by atoms with Gasteiger partial charge in [0.2, 0.25) is 0 Å². The first kappa shape index (κ1) is 18.0. The van der Waals surface area contributed by atoms with Crippen LogP contribution >= 0.6 is 0 Å². The summed E-state index contributed by atoms with van der Waals surface area (Å²) < 4.78 is 5.96. The number of hydrogen-bond acceptors (Lipinski definition) is 5. The summed E-state index contributed by atoms with van der Waals surface area (Å²) in [6.45, 7) is 0. The van der Waals surface area contributed by atoms with Crippen molar-refractivity contribution in [2.45, 2.75) is 31.7 Å². The van der Waals surface area contributed by atoms with Crippen LogP contribution in [0.1, 0.15) is 36.2 Å². The third-order valence-corrected chi connectivity index (χ3v) is 4.71. The lowest BCUT2D eigenvalue weighted by Crippen LogP contribution is -2.33. The molecule has 6 heteroatoms. The van der Waals surface area contributed by atoms with Crippen molar-refractivity contribution in [3.63, 3.8) is 0 Å². The van der Waals surface area contributed by atoms with Gasteiger partial charge in [-0.15, -0.1) is 0 Å². The minimum Gasteiger partial charge on any atom is -0.455 e. The Morgan fingerprint density at radius 2 is 1.71 bits per heavy atom. The zero-order valence-corrected chi connectivity index (χ0v) is 15.5. The van der Waals surface area contributed by atoms with Crippen molar-refractivity contribution in [1.29, 1.82) is 0 Å². The zero-order chi connectivity index (χ0) is 19.2. The molecule has 1 saturated carbocycles. The van der Waals surface area contributed by atoms with Crippen LogP contribution in [-0.4, -0.2) is 21.9 Å². The molecule has 1 aliphatic carbocycles. The van der Waals surface area contributed by atoms with Crippen molar-refractivity contribution in [3.8, 4) is 11.5 Å². The summed E-state index contributed by atoms with van der Waals surface area (Å²) in [5.74, 6) is 1.79. The maximum absolute atomic E-state index is 12.5. The van der Waals surface area contributed by atoms with E-state index >= 15 is 0 Å². The Kier molecular flexibility index (Phi) is 5.47. The predicted molar refractivity (Wildman–Crippen MR) is 108 cm³/mol. The molecular weight excluding hydrogens is 352 g/mol. The second kappa shape index (κ2) is 8.52. The summed E-state index contributed by atoms with van der Waals surface area (Å²) in [6, 6.07) is 19.1. The lowest BCUT2D eigenvalue weighted by atomic mass is 10.2. The highest BCUT2D eigenvalue weighted by molar-refractivity contribution is 5.93. The first-order chi connectivity index (χ1) is 13.8. The van der Waals surface area contributed by atoms with E-state index in [2.05, 4.69) is 20.6 Å². The van der Waals surface area contributed by atoms with Gasteiger partial charge in [0.1, 0.15) is 23.6 Å². The molecule has 0 radical (unpaired) electrons. The highest BCUT2D eigenvalue weighted by Gasteiger charge is 2.19. The number of carbonyl (C=O) groups excluding carboxylic acids is 1. The van der Waals surface area contributed by atoms with Gasteiger partial charge < -0.3 is 15.4 Å². The van der Waals surface area contributed by atoms with E-state index in [1.807, 2.05) is 54.6 Å². The number of ether oxygens (including phenoxy) is 1. The topological polar surface area (TPSA) is 76.1 Å². The van der Waals surface area contributed by atoms with Gasteiger partial charge in [0.25, 0.3) is 5.91 Å². The average molecular weight is 374 g/mol. The maximum Gasteiger partial charge on any atom is 0.270 e. The zero-order valence-electron chi connectivity index (χ0n) is 15.5. The Balaban J connectivity index is 1.49. The van der Waals surface area contributed by atoms with Gasteiger partial charge in [-0.3, -0.25) is 4.79 Å². The Morgan fingerprint density at radius 3 is 2.54 bits per heavy atom. The Labute approximate surface area is 164 Å². The summed E-state index contributed by atoms with van der Waals surface area (Å²) in [5, 5.41) is 6.27. The lowest BCUT2D eigenvalue weighted by molar-refractivity contribution is 0.0932. The molecule has 6 nitrogen and oxygen atoms in total. The monoisotopic (exact) mass is 374 g/mol. The van der Waals surface area contributed by atoms with Crippen LogP contribution in [0.3, 0.4) is 0 Å². The highest BCUT2D eigenvalue weighted by Crippen LogP contribution is 2.31. The molecule has 0 atom stereocenters. The Hall–Kier alpha value is -3.41. The molecule has 1 aliphatic rings. The fourth-order valence-electron chi connectivity index (χ4n) is 3.29. The molecule has 2 aromatic carbocycles. The summed E-state index contributed by atoms with van der Waals surface area (Å²) in [4.78, 5) is 20.8. The normalized spacial score (nSPS) is 13.9. The molecule has 0 aliphatic heterocycles. The van der Waals surface area contributed by atoms with Crippen molar-refractivity contribution >= 4 is 17.4 Å². The van der Waals surface area contributed by atoms with Crippen LogP contribution < -0.4 is 15.4 Å². The lowest BCUT2D eigenvalue weighted by Gasteiger charge is -2.14. The van der Waals surface area contributed by atoms with Crippen LogP contribution in [0.25, 0.3) is 0 Å². The van der Waals surface area contributed by atoms with E-state index in [1.54, 1.807) is 6.07 Å². The molecule has 28 heavy (non-hydrogen) atoms. The van der Waals surface area contributed by atoms with Gasteiger partial charge in [-0.05, 0) is 37.1 Å². The molecule has 142 valence electrons. The second-order valence-electron chi connectivity index (χ2n) is 6.78. The standard InChI is InChI=1S/C22H22N4O2/c27-22(25-16-8-4-5-9-16)19-14-21(24-15-23-19)26-18-12-6-7-13-20(18)28-17-10-2-1-3-11-17/h1-3,6-7,10-16H,4-5,8-9H2,(H,25,27)(H,23,24,26). The third kappa shape index (κ3) is 4.46. The summed E-state index contributed by atoms with van der Waals surface area (Å²) in [6.07, 6.45) is 5.80. The van der Waals surface area contributed by atoms with Crippen LogP contribution in [-0.2, 0) is 0 Å². The van der Waals surface area contributed by atoms with Crippen molar-refractivity contribution in [3.05, 3.63) is 72.7 Å². The van der Waals surface area contributed by atoms with Gasteiger partial charge in [-0.2, -0.15) is 0 Å². The summed E-state index contributed by atoms with van der Waals surface area (Å²) >= 11 is 0. The van der Waals surface area contributed by atoms with Crippen molar-refractivity contribution in [2.75, 3.05) is 5.32 Å². The van der Waals surface area contributed by atoms with Gasteiger partial charge >= 0.3 is 0 Å². The first-order valence-corrected chi connectivity index (χ1v) is 9.50. The Bertz CT molecular complexity index is 940. The van der Waals surface area contributed by atoms with Crippen LogP contribution in [0.15, 0.2) is 67.0 Å². The van der Waals surface area contributed by atoms with Gasteiger partial charge in [-0.25, -0.2) is 9.97 Å². The predicted octanol–water partition coefficient (Wildman–Crippen LogP) is 4.68. The van der Waals surface area contributed by atoms with Gasteiger partial charge in [-0.1, -0.05) is 43.2 Å². The summed E-state index contributed by atoms with van der Waals surface area (Å²) in [5.41, 5.74) is 1.11. The van der Waals surface area contributed by atoms with E-state index in [0.29, 0.717) is 17.3 Å². The number of hydrogen-bond donors (Lipinski definition) is 2. The highest BCUT2D eigenvalue weighted by atomic mass is 16.5. The molecule has 0 saturated heterocycles. The quantitative estimate of drug-likeness (QED) is 0.655. The van der Waals surface area contributed by atoms with E-state index in [-0.39, 0.29) is 11.9 Å². The number of benzene rings is 2. The molecule has 1 aromatic heterocycles. The van der Waals surface area contributed by atoms with Gasteiger partial charge in [0, 0.05) is 12.1 Å². The molecule has 4 rings (SSSR count). The van der Waals surface area contributed by atoms with Crippen LogP contribution in [0.4, 0.5) is 11.5 Å². The van der Waals surface area contributed by atoms with E-state index < -0.39 is 0 Å². The largest absolute Gasteiger partial charge is 0.455 e. The van der Waals surface area contributed by atoms with Crippen molar-refractivity contribution in [2.24, 2.45) is 0 Å². The molecule has 0 unspecified atom stereocenters. The molecule has 2 N–H and O–H groups in total. The number of aromatic nitrogens is 2. The van der Waals surface area contributed by atoms with Crippen molar-refractivity contribution < 1.29 is 9.53 Å². The number of para-hydroxylation sites is 3. The number of nitrogens with zero attached hydrogens (tertiary/aromatic N) is 2. The fourth-order valence-corrected chi connectivity index (χ4v) is 3.29. The molecule has 1 fully saturated rings. The number of rotatable bonds is 6. The SMILES string of the molecule is O=C(NC1CCCC1)c1cc(Nc2ccccc2Oc2ccccc2)ncn1. The Morgan fingerprint density at radius 1 is 0.964 bits per heavy atom. The minimum atomic E-state index is -0.161. The number of nitrogens with one attached hydrogen (secondary N) is 2. The van der Waals surface area contributed by atoms with E-state index in [0.717, 1.165) is 24.3 Å². The smallest absolute Gasteiger partial charge is 0.270 e. The summed E-state index contributed by atoms with van der Waals surface area (Å²) in [7, 11) is 0. The van der Waals surface area contributed by atoms with Gasteiger partial charge in [0.15, 0.2) is 5.75 Å². The third-order valence-electron chi connectivity index (χ3n) is 4.71. The molecule has 0 bridgehead atoms. The molecule has 1 heterocycles. The van der Waals surface area contributed by atoms with E-state index in [9.17, 15) is 4.79 Å². The van der Waals surface area contributed by atoms with Crippen LogP contribution in [0.5, 0.6) is 11.5 Å². The van der Waals surface area contributed by atoms with E-state index in [4.69, 9.17) is 4.74 Å². The van der Waals surface area contributed by atoms with Gasteiger partial charge in [0.05, 0.1) is 5.69 Å².